The highest BCUT2D eigenvalue weighted by molar-refractivity contribution is 5.97. The number of fused-ring (bicyclic) bond motifs is 2. The second-order valence-corrected chi connectivity index (χ2v) is 9.33. The van der Waals surface area contributed by atoms with Gasteiger partial charge in [-0.25, -0.2) is 0 Å². The highest BCUT2D eigenvalue weighted by Gasteiger charge is 2.83. The number of esters is 1. The molecular weight excluding hydrogens is 368 g/mol. The van der Waals surface area contributed by atoms with E-state index in [1.165, 1.54) is 12.7 Å². The van der Waals surface area contributed by atoms with Crippen molar-refractivity contribution in [3.05, 3.63) is 41.5 Å². The Morgan fingerprint density at radius 1 is 1.31 bits per heavy atom. The summed E-state index contributed by atoms with van der Waals surface area (Å²) in [7, 11) is 1.43. The van der Waals surface area contributed by atoms with Crippen molar-refractivity contribution in [1.82, 2.24) is 4.90 Å². The Morgan fingerprint density at radius 3 is 2.76 bits per heavy atom. The monoisotopic (exact) mass is 394 g/mol. The van der Waals surface area contributed by atoms with Crippen molar-refractivity contribution in [2.24, 2.45) is 11.3 Å². The number of piperidine rings is 4. The van der Waals surface area contributed by atoms with Crippen LogP contribution in [0.3, 0.4) is 0 Å². The maximum Gasteiger partial charge on any atom is 0.316 e. The highest BCUT2D eigenvalue weighted by atomic mass is 16.5. The Hall–Kier alpha value is -2.18. The van der Waals surface area contributed by atoms with Crippen LogP contribution in [0, 0.1) is 11.3 Å². The molecule has 5 fully saturated rings. The van der Waals surface area contributed by atoms with Crippen LogP contribution < -0.4 is 4.90 Å². The van der Waals surface area contributed by atoms with Crippen LogP contribution in [0.15, 0.2) is 35.9 Å². The molecule has 1 amide bonds. The summed E-state index contributed by atoms with van der Waals surface area (Å²) < 4.78 is 5.35. The largest absolute Gasteiger partial charge is 0.468 e. The van der Waals surface area contributed by atoms with E-state index in [0.717, 1.165) is 24.2 Å². The van der Waals surface area contributed by atoms with E-state index in [-0.39, 0.29) is 35.9 Å². The topological polar surface area (TPSA) is 70.1 Å². The third kappa shape index (κ3) is 1.60. The number of benzene rings is 1. The van der Waals surface area contributed by atoms with Gasteiger partial charge in [0.05, 0.1) is 19.3 Å². The minimum absolute atomic E-state index is 0.00391. The molecule has 5 bridgehead atoms. The van der Waals surface area contributed by atoms with E-state index < -0.39 is 16.9 Å². The standard InChI is InChI=1S/C23H26N2O4/c1-4-13-11-24-17-9-15(13)23(21(28)29-3)18(24)10-22(20(23)27)14-7-5-6-8-16(14)25(12(2)26)19(17)22/h4-8,15,17-20,27H,9-11H2,1-3H3. The minimum Gasteiger partial charge on any atom is -0.468 e. The molecule has 5 aliphatic heterocycles. The third-order valence-electron chi connectivity index (χ3n) is 8.80. The average Bonchev–Trinajstić information content (AvgIpc) is 3.16. The second-order valence-electron chi connectivity index (χ2n) is 9.33. The first kappa shape index (κ1) is 17.7. The SMILES string of the molecule is CC=C1CN2C3CC1C1(C(=O)OC)C2CC2(c4ccccc4N(C(C)=O)C32)C1O. The zero-order chi connectivity index (χ0) is 20.3. The summed E-state index contributed by atoms with van der Waals surface area (Å²) in [5.41, 5.74) is 1.51. The Kier molecular flexibility index (Phi) is 3.22. The van der Waals surface area contributed by atoms with E-state index in [2.05, 4.69) is 11.0 Å². The first-order valence-corrected chi connectivity index (χ1v) is 10.5. The first-order chi connectivity index (χ1) is 13.9. The average molecular weight is 394 g/mol. The number of hydrogen-bond donors (Lipinski definition) is 1. The van der Waals surface area contributed by atoms with Crippen LogP contribution in [0.5, 0.6) is 0 Å². The van der Waals surface area contributed by atoms with Crippen LogP contribution >= 0.6 is 0 Å². The van der Waals surface area contributed by atoms with Gasteiger partial charge >= 0.3 is 5.97 Å². The lowest BCUT2D eigenvalue weighted by Gasteiger charge is -2.61. The molecule has 8 atom stereocenters. The van der Waals surface area contributed by atoms with Crippen molar-refractivity contribution in [2.75, 3.05) is 18.6 Å². The minimum atomic E-state index is -0.972. The summed E-state index contributed by atoms with van der Waals surface area (Å²) in [6.45, 7) is 4.42. The number of nitrogens with zero attached hydrogens (tertiary/aromatic N) is 2. The van der Waals surface area contributed by atoms with Crippen molar-refractivity contribution in [3.8, 4) is 0 Å². The van der Waals surface area contributed by atoms with Gasteiger partial charge in [0.25, 0.3) is 0 Å². The molecule has 6 nitrogen and oxygen atoms in total. The van der Waals surface area contributed by atoms with E-state index in [4.69, 9.17) is 4.74 Å². The Bertz CT molecular complexity index is 989. The molecular formula is C23H26N2O4. The number of carbonyl (C=O) groups excluding carboxylic acids is 2. The summed E-state index contributed by atoms with van der Waals surface area (Å²) in [5, 5.41) is 12.1. The summed E-state index contributed by atoms with van der Waals surface area (Å²) in [4.78, 5) is 30.5. The number of aliphatic hydroxyl groups excluding tert-OH is 1. The molecule has 8 unspecified atom stereocenters. The van der Waals surface area contributed by atoms with Crippen molar-refractivity contribution >= 4 is 17.6 Å². The molecule has 1 aromatic carbocycles. The third-order valence-corrected chi connectivity index (χ3v) is 8.80. The van der Waals surface area contributed by atoms with E-state index in [1.807, 2.05) is 36.1 Å². The van der Waals surface area contributed by atoms with E-state index in [9.17, 15) is 14.7 Å². The molecule has 1 spiro atoms. The van der Waals surface area contributed by atoms with Gasteiger partial charge in [0, 0.05) is 42.6 Å². The van der Waals surface area contributed by atoms with Crippen LogP contribution in [0.1, 0.15) is 32.3 Å². The summed E-state index contributed by atoms with van der Waals surface area (Å²) >= 11 is 0. The number of carbonyl (C=O) groups is 2. The number of para-hydroxylation sites is 1. The number of anilines is 1. The maximum atomic E-state index is 13.4. The molecule has 0 aromatic heterocycles. The van der Waals surface area contributed by atoms with Gasteiger partial charge in [0.1, 0.15) is 5.41 Å². The molecule has 1 aromatic rings. The molecule has 4 saturated heterocycles. The van der Waals surface area contributed by atoms with Gasteiger partial charge in [-0.3, -0.25) is 14.5 Å². The van der Waals surface area contributed by atoms with Crippen LogP contribution in [-0.2, 0) is 19.7 Å². The molecule has 29 heavy (non-hydrogen) atoms. The number of hydrogen-bond acceptors (Lipinski definition) is 5. The van der Waals surface area contributed by atoms with Gasteiger partial charge in [-0.2, -0.15) is 0 Å². The smallest absolute Gasteiger partial charge is 0.316 e. The molecule has 1 N–H and O–H groups in total. The Balaban J connectivity index is 1.68. The van der Waals surface area contributed by atoms with Crippen molar-refractivity contribution in [1.29, 1.82) is 0 Å². The quantitative estimate of drug-likeness (QED) is 0.579. The van der Waals surface area contributed by atoms with Gasteiger partial charge < -0.3 is 14.7 Å². The lowest BCUT2D eigenvalue weighted by Crippen LogP contribution is -2.72. The summed E-state index contributed by atoms with van der Waals surface area (Å²) in [6, 6.07) is 7.86. The number of amides is 1. The normalized spacial score (nSPS) is 46.8. The van der Waals surface area contributed by atoms with Crippen LogP contribution in [0.2, 0.25) is 0 Å². The number of ether oxygens (including phenoxy) is 1. The lowest BCUT2D eigenvalue weighted by molar-refractivity contribution is -0.179. The van der Waals surface area contributed by atoms with Crippen molar-refractivity contribution in [2.45, 2.75) is 56.3 Å². The predicted octanol–water partition coefficient (Wildman–Crippen LogP) is 1.62. The van der Waals surface area contributed by atoms with Gasteiger partial charge in [-0.15, -0.1) is 0 Å². The van der Waals surface area contributed by atoms with Gasteiger partial charge in [-0.1, -0.05) is 29.8 Å². The lowest BCUT2D eigenvalue weighted by atomic mass is 9.58. The second kappa shape index (κ2) is 5.29. The fourth-order valence-electron chi connectivity index (χ4n) is 8.04. The molecule has 1 saturated carbocycles. The molecule has 6 aliphatic rings. The maximum absolute atomic E-state index is 13.4. The Labute approximate surface area is 170 Å². The highest BCUT2D eigenvalue weighted by Crippen LogP contribution is 2.72. The predicted molar refractivity (Wildman–Crippen MR) is 106 cm³/mol. The molecule has 6 heteroatoms. The number of allylic oxidation sites excluding steroid dienone is 1. The van der Waals surface area contributed by atoms with E-state index in [0.29, 0.717) is 6.42 Å². The fraction of sp³-hybridized carbons (Fsp3) is 0.565. The molecule has 0 radical (unpaired) electrons. The number of aliphatic hydroxyl groups is 1. The zero-order valence-corrected chi connectivity index (χ0v) is 17.0. The van der Waals surface area contributed by atoms with Gasteiger partial charge in [0.15, 0.2) is 0 Å². The fourth-order valence-corrected chi connectivity index (χ4v) is 8.04. The summed E-state index contributed by atoms with van der Waals surface area (Å²) in [5.74, 6) is -0.351. The van der Waals surface area contributed by atoms with Crippen LogP contribution in [0.25, 0.3) is 0 Å². The zero-order valence-electron chi connectivity index (χ0n) is 17.0. The molecule has 1 aliphatic carbocycles. The number of rotatable bonds is 1. The summed E-state index contributed by atoms with van der Waals surface area (Å²) in [6.07, 6.45) is 2.66. The van der Waals surface area contributed by atoms with Gasteiger partial charge in [-0.05, 0) is 31.4 Å². The molecule has 152 valence electrons. The molecule has 7 rings (SSSR count). The first-order valence-electron chi connectivity index (χ1n) is 10.5. The Morgan fingerprint density at radius 2 is 2.07 bits per heavy atom. The number of methoxy groups -OCH3 is 1. The van der Waals surface area contributed by atoms with Crippen molar-refractivity contribution < 1.29 is 19.4 Å². The van der Waals surface area contributed by atoms with Crippen LogP contribution in [-0.4, -0.2) is 59.8 Å². The van der Waals surface area contributed by atoms with E-state index >= 15 is 0 Å². The van der Waals surface area contributed by atoms with Crippen LogP contribution in [0.4, 0.5) is 5.69 Å². The van der Waals surface area contributed by atoms with Crippen molar-refractivity contribution in [3.63, 3.8) is 0 Å². The van der Waals surface area contributed by atoms with Gasteiger partial charge in [0.2, 0.25) is 5.91 Å². The molecule has 5 heterocycles. The van der Waals surface area contributed by atoms with E-state index in [1.54, 1.807) is 6.92 Å².